The second-order valence-electron chi connectivity index (χ2n) is 10.8. The molecule has 2 spiro atoms. The van der Waals surface area contributed by atoms with Crippen molar-refractivity contribution in [2.75, 3.05) is 6.61 Å². The number of aliphatic hydroxyl groups excluding tert-OH is 1. The van der Waals surface area contributed by atoms with Crippen molar-refractivity contribution in [1.29, 1.82) is 0 Å². The van der Waals surface area contributed by atoms with Crippen LogP contribution in [0, 0.1) is 5.41 Å². The van der Waals surface area contributed by atoms with E-state index in [-0.39, 0.29) is 24.1 Å². The van der Waals surface area contributed by atoms with Gasteiger partial charge >= 0.3 is 0 Å². The van der Waals surface area contributed by atoms with Crippen LogP contribution in [0.15, 0.2) is 103 Å². The Kier molecular flexibility index (Phi) is 5.26. The van der Waals surface area contributed by atoms with Gasteiger partial charge in [-0.2, -0.15) is 0 Å². The van der Waals surface area contributed by atoms with Crippen molar-refractivity contribution >= 4 is 28.4 Å². The maximum absolute atomic E-state index is 15.0. The molecule has 1 unspecified atom stereocenters. The van der Waals surface area contributed by atoms with Crippen LogP contribution in [0.2, 0.25) is 0 Å². The molecule has 1 saturated carbocycles. The first-order valence-electron chi connectivity index (χ1n) is 13.4. The lowest BCUT2D eigenvalue weighted by Gasteiger charge is -2.47. The number of allylic oxidation sites excluding steroid dienone is 1. The van der Waals surface area contributed by atoms with E-state index in [1.165, 1.54) is 0 Å². The van der Waals surface area contributed by atoms with E-state index in [2.05, 4.69) is 5.32 Å². The Hall–Kier alpha value is -3.86. The Labute approximate surface area is 222 Å². The Balaban J connectivity index is 1.54. The minimum absolute atomic E-state index is 0.0167. The third kappa shape index (κ3) is 2.93. The van der Waals surface area contributed by atoms with Crippen molar-refractivity contribution < 1.29 is 14.7 Å². The second-order valence-corrected chi connectivity index (χ2v) is 10.8. The highest BCUT2D eigenvalue weighted by Crippen LogP contribution is 2.65. The molecule has 188 valence electrons. The fourth-order valence-electron chi connectivity index (χ4n) is 7.76. The molecule has 3 aliphatic rings. The van der Waals surface area contributed by atoms with Gasteiger partial charge in [-0.15, -0.1) is 0 Å². The largest absolute Gasteiger partial charge is 0.395 e. The Morgan fingerprint density at radius 2 is 1.55 bits per heavy atom. The molecule has 1 heterocycles. The van der Waals surface area contributed by atoms with Gasteiger partial charge in [0.2, 0.25) is 0 Å². The fourth-order valence-corrected chi connectivity index (χ4v) is 7.76. The number of aliphatic hydroxyl groups is 1. The molecular formula is C34H29NO3. The maximum atomic E-state index is 15.0. The maximum Gasteiger partial charge on any atom is 0.189 e. The first-order chi connectivity index (χ1) is 18.6. The summed E-state index contributed by atoms with van der Waals surface area (Å²) >= 11 is 0. The Bertz CT molecular complexity index is 1600. The predicted molar refractivity (Wildman–Crippen MR) is 149 cm³/mol. The molecule has 0 radical (unpaired) electrons. The lowest BCUT2D eigenvalue weighted by Crippen LogP contribution is -2.59. The first-order valence-corrected chi connectivity index (χ1v) is 13.4. The summed E-state index contributed by atoms with van der Waals surface area (Å²) in [4.78, 5) is 29.7. The highest BCUT2D eigenvalue weighted by atomic mass is 16.3. The summed E-state index contributed by atoms with van der Waals surface area (Å²) in [5.74, 6) is -0.409. The van der Waals surface area contributed by atoms with Crippen molar-refractivity contribution in [3.05, 3.63) is 125 Å². The topological polar surface area (TPSA) is 66.4 Å². The van der Waals surface area contributed by atoms with Gasteiger partial charge in [-0.25, -0.2) is 0 Å². The average Bonchev–Trinajstić information content (AvgIpc) is 3.39. The Morgan fingerprint density at radius 3 is 2.29 bits per heavy atom. The number of ketones is 2. The number of carbonyl (C=O) groups is 2. The molecule has 4 aromatic carbocycles. The fraction of sp³-hybridized carbons (Fsp3) is 0.235. The predicted octanol–water partition coefficient (Wildman–Crippen LogP) is 5.80. The summed E-state index contributed by atoms with van der Waals surface area (Å²) in [7, 11) is 0. The molecule has 2 N–H and O–H groups in total. The van der Waals surface area contributed by atoms with E-state index < -0.39 is 17.0 Å². The molecule has 4 heteroatoms. The molecular weight excluding hydrogens is 470 g/mol. The summed E-state index contributed by atoms with van der Waals surface area (Å²) in [6.07, 6.45) is 4.02. The number of carbonyl (C=O) groups excluding carboxylic acids is 2. The summed E-state index contributed by atoms with van der Waals surface area (Å²) in [6, 6.07) is 31.3. The van der Waals surface area contributed by atoms with Gasteiger partial charge in [0.25, 0.3) is 0 Å². The number of hydrogen-bond donors (Lipinski definition) is 2. The van der Waals surface area contributed by atoms with Crippen LogP contribution < -0.4 is 5.32 Å². The van der Waals surface area contributed by atoms with Crippen molar-refractivity contribution in [3.63, 3.8) is 0 Å². The van der Waals surface area contributed by atoms with Crippen molar-refractivity contribution in [2.45, 2.75) is 36.8 Å². The molecule has 2 aliphatic carbocycles. The second kappa shape index (κ2) is 8.59. The van der Waals surface area contributed by atoms with Gasteiger partial charge in [0, 0.05) is 17.5 Å². The number of benzene rings is 4. The van der Waals surface area contributed by atoms with E-state index in [0.717, 1.165) is 39.5 Å². The van der Waals surface area contributed by atoms with E-state index in [9.17, 15) is 9.90 Å². The average molecular weight is 500 g/mol. The molecule has 0 aromatic heterocycles. The molecule has 4 nitrogen and oxygen atoms in total. The lowest BCUT2D eigenvalue weighted by molar-refractivity contribution is -0.130. The van der Waals surface area contributed by atoms with E-state index >= 15 is 4.79 Å². The van der Waals surface area contributed by atoms with Crippen LogP contribution >= 0.6 is 0 Å². The quantitative estimate of drug-likeness (QED) is 0.350. The van der Waals surface area contributed by atoms with Gasteiger partial charge in [-0.1, -0.05) is 97.1 Å². The lowest BCUT2D eigenvalue weighted by atomic mass is 9.52. The number of fused-ring (bicyclic) bond motifs is 2. The molecule has 1 saturated heterocycles. The number of rotatable bonds is 3. The standard InChI is InChI=1S/C34H29NO3/c36-21-28-30(24-12-5-2-6-13-24)33(19-9-16-25(31(33)37)20-22-10-3-1-4-11-22)34(35-28)27-18-8-15-23-14-7-17-26(29(23)27)32(34)38/h1-8,10-15,17-18,20,28,30,35-36H,9,16,19,21H2/b25-20+/t28?,30-,33-,34-/m0/s1. The minimum Gasteiger partial charge on any atom is -0.395 e. The molecule has 7 rings (SSSR count). The van der Waals surface area contributed by atoms with Gasteiger partial charge in [0.05, 0.1) is 12.0 Å². The van der Waals surface area contributed by atoms with Crippen molar-refractivity contribution in [3.8, 4) is 0 Å². The Morgan fingerprint density at radius 1 is 0.842 bits per heavy atom. The van der Waals surface area contributed by atoms with Crippen LogP contribution in [0.5, 0.6) is 0 Å². The third-order valence-corrected chi connectivity index (χ3v) is 9.11. The minimum atomic E-state index is -1.25. The first kappa shape index (κ1) is 23.3. The number of hydrogen-bond acceptors (Lipinski definition) is 4. The van der Waals surface area contributed by atoms with Crippen LogP contribution in [0.1, 0.15) is 52.2 Å². The summed E-state index contributed by atoms with van der Waals surface area (Å²) in [6.45, 7) is -0.173. The van der Waals surface area contributed by atoms with Crippen molar-refractivity contribution in [1.82, 2.24) is 5.32 Å². The van der Waals surface area contributed by atoms with E-state index in [1.807, 2.05) is 103 Å². The monoisotopic (exact) mass is 499 g/mol. The molecule has 2 fully saturated rings. The molecule has 1 aliphatic heterocycles. The van der Waals surface area contributed by atoms with Gasteiger partial charge < -0.3 is 5.11 Å². The molecule has 0 amide bonds. The van der Waals surface area contributed by atoms with Gasteiger partial charge in [0.1, 0.15) is 5.54 Å². The van der Waals surface area contributed by atoms with Gasteiger partial charge in [-0.05, 0) is 58.4 Å². The molecule has 4 atom stereocenters. The van der Waals surface area contributed by atoms with Gasteiger partial charge in [-0.3, -0.25) is 14.9 Å². The number of nitrogens with one attached hydrogen (secondary N) is 1. The van der Waals surface area contributed by atoms with E-state index in [0.29, 0.717) is 18.4 Å². The zero-order valence-corrected chi connectivity index (χ0v) is 21.1. The van der Waals surface area contributed by atoms with Gasteiger partial charge in [0.15, 0.2) is 11.6 Å². The van der Waals surface area contributed by atoms with Crippen LogP contribution in [-0.2, 0) is 10.3 Å². The van der Waals surface area contributed by atoms with Crippen LogP contribution in [0.25, 0.3) is 16.8 Å². The van der Waals surface area contributed by atoms with Crippen LogP contribution in [-0.4, -0.2) is 29.3 Å². The number of Topliss-reactive ketones (excluding diaryl/α,β-unsaturated/α-hetero) is 2. The summed E-state index contributed by atoms with van der Waals surface area (Å²) in [5, 5.41) is 16.3. The van der Waals surface area contributed by atoms with Crippen molar-refractivity contribution in [2.24, 2.45) is 5.41 Å². The molecule has 0 bridgehead atoms. The van der Waals surface area contributed by atoms with E-state index in [1.54, 1.807) is 0 Å². The molecule has 38 heavy (non-hydrogen) atoms. The zero-order valence-electron chi connectivity index (χ0n) is 21.1. The van der Waals surface area contributed by atoms with E-state index in [4.69, 9.17) is 0 Å². The highest BCUT2D eigenvalue weighted by molar-refractivity contribution is 6.24. The summed E-state index contributed by atoms with van der Waals surface area (Å²) in [5.41, 5.74) is 1.89. The highest BCUT2D eigenvalue weighted by Gasteiger charge is 2.73. The summed E-state index contributed by atoms with van der Waals surface area (Å²) < 4.78 is 0. The smallest absolute Gasteiger partial charge is 0.189 e. The van der Waals surface area contributed by atoms with Crippen LogP contribution in [0.3, 0.4) is 0 Å². The van der Waals surface area contributed by atoms with Crippen LogP contribution in [0.4, 0.5) is 0 Å². The molecule has 4 aromatic rings. The zero-order chi connectivity index (χ0) is 25.9. The third-order valence-electron chi connectivity index (χ3n) is 9.11. The normalized spacial score (nSPS) is 29.2. The SMILES string of the molecule is O=C1c2cccc3cccc(c23)[C@]12NC(CO)[C@H](c1ccccc1)[C@]21CCC/C(=C\c2ccccc2)C1=O.